The van der Waals surface area contributed by atoms with Crippen molar-refractivity contribution in [2.75, 3.05) is 13.2 Å². The molecule has 1 atom stereocenters. The number of allylic oxidation sites excluding steroid dienone is 18. The Morgan fingerprint density at radius 1 is 0.280 bits per heavy atom. The molecule has 0 aromatic rings. The number of hydrogen-bond donors (Lipinski definition) is 0. The van der Waals surface area contributed by atoms with E-state index >= 15 is 0 Å². The van der Waals surface area contributed by atoms with E-state index in [1.807, 2.05) is 0 Å². The number of unbranched alkanes of at least 4 members (excludes halogenated alkanes) is 27. The largest absolute Gasteiger partial charge is 0.462 e. The van der Waals surface area contributed by atoms with Gasteiger partial charge in [0.1, 0.15) is 13.2 Å². The molecule has 0 amide bonds. The molecular formula is C69H116O6. The molecule has 75 heavy (non-hydrogen) atoms. The van der Waals surface area contributed by atoms with Gasteiger partial charge < -0.3 is 14.2 Å². The summed E-state index contributed by atoms with van der Waals surface area (Å²) in [5, 5.41) is 0. The summed E-state index contributed by atoms with van der Waals surface area (Å²) in [6, 6.07) is 0. The SMILES string of the molecule is CC/C=C\C/C=C\C/C=C\C/C=C\C/C=C\CCCCCCCCCC(=O)OCC(COC(=O)CCCCCCCCC/C=C\C/C=C\CCCCC)OC(=O)CCCCCCCCC/C=C\C/C=C\CCCCC. The van der Waals surface area contributed by atoms with Crippen LogP contribution in [-0.4, -0.2) is 37.2 Å². The van der Waals surface area contributed by atoms with Gasteiger partial charge in [-0.3, -0.25) is 14.4 Å². The Balaban J connectivity index is 4.42. The van der Waals surface area contributed by atoms with E-state index in [1.165, 1.54) is 128 Å². The Kier molecular flexibility index (Phi) is 59.3. The van der Waals surface area contributed by atoms with E-state index in [1.54, 1.807) is 0 Å². The molecule has 6 heteroatoms. The van der Waals surface area contributed by atoms with Crippen LogP contribution in [0.2, 0.25) is 0 Å². The van der Waals surface area contributed by atoms with Crippen LogP contribution in [0.25, 0.3) is 0 Å². The van der Waals surface area contributed by atoms with Crippen molar-refractivity contribution in [3.8, 4) is 0 Å². The maximum absolute atomic E-state index is 12.9. The summed E-state index contributed by atoms with van der Waals surface area (Å²) in [6.07, 6.45) is 85.0. The highest BCUT2D eigenvalue weighted by atomic mass is 16.6. The summed E-state index contributed by atoms with van der Waals surface area (Å²) in [7, 11) is 0. The van der Waals surface area contributed by atoms with Crippen LogP contribution in [0.3, 0.4) is 0 Å². The first kappa shape index (κ1) is 71.1. The van der Waals surface area contributed by atoms with Crippen LogP contribution in [0.1, 0.15) is 290 Å². The third kappa shape index (κ3) is 60.8. The molecule has 0 heterocycles. The van der Waals surface area contributed by atoms with E-state index in [9.17, 15) is 14.4 Å². The van der Waals surface area contributed by atoms with Gasteiger partial charge >= 0.3 is 17.9 Å². The molecule has 0 aromatic heterocycles. The molecule has 0 aliphatic carbocycles. The van der Waals surface area contributed by atoms with Gasteiger partial charge in [-0.05, 0) is 128 Å². The van der Waals surface area contributed by atoms with Gasteiger partial charge in [0.15, 0.2) is 6.10 Å². The second-order valence-corrected chi connectivity index (χ2v) is 20.6. The number of carbonyl (C=O) groups is 3. The lowest BCUT2D eigenvalue weighted by atomic mass is 10.1. The van der Waals surface area contributed by atoms with Gasteiger partial charge in [-0.25, -0.2) is 0 Å². The standard InChI is InChI=1S/C69H116O6/c1-4-7-10-13-16-19-22-25-28-31-32-33-34-35-36-39-41-44-47-50-53-56-59-62-68(71)74-65-66(75-69(72)63-60-57-54-51-48-45-42-38-30-27-24-21-18-15-12-9-6-3)64-73-67(70)61-58-55-52-49-46-43-40-37-29-26-23-20-17-14-11-8-5-2/h7,10,16-21,25-30,32-33,35-36,66H,4-6,8-9,11-15,22-24,31,34,37-65H2,1-3H3/b10-7-,19-16-,20-17-,21-18-,28-25-,29-26-,30-27-,33-32-,36-35-. The first-order valence-electron chi connectivity index (χ1n) is 31.4. The van der Waals surface area contributed by atoms with Crippen molar-refractivity contribution >= 4 is 17.9 Å². The molecule has 0 bridgehead atoms. The number of hydrogen-bond acceptors (Lipinski definition) is 6. The zero-order valence-electron chi connectivity index (χ0n) is 49.0. The van der Waals surface area contributed by atoms with Crippen molar-refractivity contribution in [1.29, 1.82) is 0 Å². The minimum absolute atomic E-state index is 0.0897. The molecule has 0 rings (SSSR count). The quantitative estimate of drug-likeness (QED) is 0.0261. The number of rotatable bonds is 56. The Morgan fingerprint density at radius 2 is 0.520 bits per heavy atom. The van der Waals surface area contributed by atoms with Crippen molar-refractivity contribution in [3.63, 3.8) is 0 Å². The van der Waals surface area contributed by atoms with E-state index < -0.39 is 6.10 Å². The average Bonchev–Trinajstić information content (AvgIpc) is 3.41. The van der Waals surface area contributed by atoms with Crippen LogP contribution >= 0.6 is 0 Å². The Hall–Kier alpha value is -3.93. The lowest BCUT2D eigenvalue weighted by molar-refractivity contribution is -0.167. The van der Waals surface area contributed by atoms with E-state index in [0.717, 1.165) is 122 Å². The lowest BCUT2D eigenvalue weighted by Crippen LogP contribution is -2.30. The summed E-state index contributed by atoms with van der Waals surface area (Å²) in [6.45, 7) is 6.47. The van der Waals surface area contributed by atoms with E-state index in [2.05, 4.69) is 130 Å². The first-order chi connectivity index (χ1) is 37.0. The number of carbonyl (C=O) groups excluding carboxylic acids is 3. The highest BCUT2D eigenvalue weighted by Gasteiger charge is 2.19. The second kappa shape index (κ2) is 62.6. The van der Waals surface area contributed by atoms with Gasteiger partial charge in [-0.15, -0.1) is 0 Å². The van der Waals surface area contributed by atoms with Crippen LogP contribution in [0.4, 0.5) is 0 Å². The molecule has 0 aliphatic rings. The second-order valence-electron chi connectivity index (χ2n) is 20.6. The molecule has 0 spiro atoms. The zero-order chi connectivity index (χ0) is 54.3. The van der Waals surface area contributed by atoms with Crippen LogP contribution in [0, 0.1) is 0 Å². The van der Waals surface area contributed by atoms with Gasteiger partial charge in [-0.1, -0.05) is 252 Å². The summed E-state index contributed by atoms with van der Waals surface area (Å²) in [4.78, 5) is 38.3. The fraction of sp³-hybridized carbons (Fsp3) is 0.696. The molecule has 0 radical (unpaired) electrons. The minimum Gasteiger partial charge on any atom is -0.462 e. The molecule has 0 saturated carbocycles. The molecule has 0 aliphatic heterocycles. The van der Waals surface area contributed by atoms with Crippen molar-refractivity contribution in [2.45, 2.75) is 297 Å². The highest BCUT2D eigenvalue weighted by molar-refractivity contribution is 5.71. The van der Waals surface area contributed by atoms with Crippen LogP contribution in [0.15, 0.2) is 109 Å². The van der Waals surface area contributed by atoms with Crippen LogP contribution in [0.5, 0.6) is 0 Å². The maximum atomic E-state index is 12.9. The predicted molar refractivity (Wildman–Crippen MR) is 325 cm³/mol. The first-order valence-corrected chi connectivity index (χ1v) is 31.4. The third-order valence-electron chi connectivity index (χ3n) is 13.2. The summed E-state index contributed by atoms with van der Waals surface area (Å²) in [5.41, 5.74) is 0. The monoisotopic (exact) mass is 1040 g/mol. The molecule has 0 saturated heterocycles. The minimum atomic E-state index is -0.794. The Labute approximate surface area is 463 Å². The summed E-state index contributed by atoms with van der Waals surface area (Å²) in [5.74, 6) is -0.910. The summed E-state index contributed by atoms with van der Waals surface area (Å²) < 4.78 is 16.9. The van der Waals surface area contributed by atoms with E-state index in [0.29, 0.717) is 19.3 Å². The van der Waals surface area contributed by atoms with Gasteiger partial charge in [-0.2, -0.15) is 0 Å². The van der Waals surface area contributed by atoms with Crippen molar-refractivity contribution in [3.05, 3.63) is 109 Å². The Bertz CT molecular complexity index is 1520. The van der Waals surface area contributed by atoms with E-state index in [-0.39, 0.29) is 31.1 Å². The molecule has 0 N–H and O–H groups in total. The average molecular weight is 1040 g/mol. The topological polar surface area (TPSA) is 78.9 Å². The molecule has 0 fully saturated rings. The predicted octanol–water partition coefficient (Wildman–Crippen LogP) is 21.4. The fourth-order valence-corrected chi connectivity index (χ4v) is 8.53. The van der Waals surface area contributed by atoms with Crippen molar-refractivity contribution in [1.82, 2.24) is 0 Å². The number of esters is 3. The van der Waals surface area contributed by atoms with E-state index in [4.69, 9.17) is 14.2 Å². The lowest BCUT2D eigenvalue weighted by Gasteiger charge is -2.18. The highest BCUT2D eigenvalue weighted by Crippen LogP contribution is 2.15. The molecule has 1 unspecified atom stereocenters. The molecule has 0 aromatic carbocycles. The zero-order valence-corrected chi connectivity index (χ0v) is 49.0. The summed E-state index contributed by atoms with van der Waals surface area (Å²) >= 11 is 0. The molecule has 6 nitrogen and oxygen atoms in total. The fourth-order valence-electron chi connectivity index (χ4n) is 8.53. The van der Waals surface area contributed by atoms with Crippen molar-refractivity contribution < 1.29 is 28.6 Å². The number of ether oxygens (including phenoxy) is 3. The molecule has 428 valence electrons. The van der Waals surface area contributed by atoms with Crippen LogP contribution in [-0.2, 0) is 28.6 Å². The van der Waals surface area contributed by atoms with Gasteiger partial charge in [0, 0.05) is 19.3 Å². The third-order valence-corrected chi connectivity index (χ3v) is 13.2. The van der Waals surface area contributed by atoms with Gasteiger partial charge in [0.2, 0.25) is 0 Å². The maximum Gasteiger partial charge on any atom is 0.306 e. The van der Waals surface area contributed by atoms with Gasteiger partial charge in [0.05, 0.1) is 0 Å². The van der Waals surface area contributed by atoms with Gasteiger partial charge in [0.25, 0.3) is 0 Å². The van der Waals surface area contributed by atoms with Crippen LogP contribution < -0.4 is 0 Å². The molecular weight excluding hydrogens is 925 g/mol. The Morgan fingerprint density at radius 3 is 0.813 bits per heavy atom. The van der Waals surface area contributed by atoms with Crippen molar-refractivity contribution in [2.24, 2.45) is 0 Å². The smallest absolute Gasteiger partial charge is 0.306 e. The normalized spacial score (nSPS) is 12.8.